The molecule has 0 aromatic heterocycles. The fourth-order valence-corrected chi connectivity index (χ4v) is 4.46. The monoisotopic (exact) mass is 344 g/mol. The average molecular weight is 344 g/mol. The molecule has 1 aliphatic heterocycles. The van der Waals surface area contributed by atoms with Crippen LogP contribution in [0.2, 0.25) is 0 Å². The molecule has 0 bridgehead atoms. The van der Waals surface area contributed by atoms with Crippen molar-refractivity contribution in [2.24, 2.45) is 11.7 Å². The number of rotatable bonds is 4. The molecular weight excluding hydrogens is 316 g/mol. The van der Waals surface area contributed by atoms with E-state index in [0.717, 1.165) is 49.2 Å². The van der Waals surface area contributed by atoms with Crippen molar-refractivity contribution in [3.8, 4) is 11.5 Å². The fraction of sp³-hybridized carbons (Fsp3) is 0.650. The van der Waals surface area contributed by atoms with E-state index < -0.39 is 0 Å². The molecule has 136 valence electrons. The molecule has 5 nitrogen and oxygen atoms in total. The summed E-state index contributed by atoms with van der Waals surface area (Å²) in [6, 6.07) is 6.62. The molecule has 0 spiro atoms. The molecule has 2 atom stereocenters. The first kappa shape index (κ1) is 16.7. The number of benzene rings is 1. The van der Waals surface area contributed by atoms with Gasteiger partial charge in [0.15, 0.2) is 11.5 Å². The Morgan fingerprint density at radius 1 is 1.08 bits per heavy atom. The molecule has 2 aliphatic carbocycles. The third kappa shape index (κ3) is 3.61. The Balaban J connectivity index is 1.52. The average Bonchev–Trinajstić information content (AvgIpc) is 3.31. The maximum absolute atomic E-state index is 13.2. The van der Waals surface area contributed by atoms with Crippen LogP contribution in [-0.4, -0.2) is 36.1 Å². The highest BCUT2D eigenvalue weighted by atomic mass is 16.6. The number of nitrogens with two attached hydrogens (primary N) is 1. The lowest BCUT2D eigenvalue weighted by molar-refractivity contribution is -0.138. The largest absolute Gasteiger partial charge is 0.486 e. The molecule has 5 heteroatoms. The molecule has 3 aliphatic rings. The van der Waals surface area contributed by atoms with Gasteiger partial charge in [-0.05, 0) is 49.8 Å². The van der Waals surface area contributed by atoms with Gasteiger partial charge in [0.25, 0.3) is 0 Å². The molecule has 0 saturated heterocycles. The van der Waals surface area contributed by atoms with Crippen molar-refractivity contribution in [2.45, 2.75) is 63.6 Å². The van der Waals surface area contributed by atoms with Gasteiger partial charge in [0.05, 0.1) is 0 Å². The van der Waals surface area contributed by atoms with Crippen molar-refractivity contribution in [3.05, 3.63) is 23.8 Å². The van der Waals surface area contributed by atoms with E-state index in [2.05, 4.69) is 11.0 Å². The molecule has 1 heterocycles. The number of hydrogen-bond donors (Lipinski definition) is 1. The summed E-state index contributed by atoms with van der Waals surface area (Å²) >= 11 is 0. The summed E-state index contributed by atoms with van der Waals surface area (Å²) < 4.78 is 11.3. The Hall–Kier alpha value is -1.75. The van der Waals surface area contributed by atoms with Gasteiger partial charge in [-0.15, -0.1) is 0 Å². The van der Waals surface area contributed by atoms with Crippen LogP contribution in [0.25, 0.3) is 0 Å². The van der Waals surface area contributed by atoms with Crippen LogP contribution in [0.1, 0.15) is 50.5 Å². The molecule has 1 amide bonds. The van der Waals surface area contributed by atoms with E-state index in [9.17, 15) is 4.79 Å². The van der Waals surface area contributed by atoms with Crippen LogP contribution < -0.4 is 15.2 Å². The van der Waals surface area contributed by atoms with Gasteiger partial charge in [-0.2, -0.15) is 0 Å². The second-order valence-corrected chi connectivity index (χ2v) is 7.65. The quantitative estimate of drug-likeness (QED) is 0.912. The normalized spacial score (nSPS) is 26.0. The topological polar surface area (TPSA) is 64.8 Å². The third-order valence-electron chi connectivity index (χ3n) is 5.83. The van der Waals surface area contributed by atoms with E-state index in [-0.39, 0.29) is 12.0 Å². The SMILES string of the molecule is N[C@@H]1CC[C@H](C(=O)N(Cc2ccc3c(c2)OCCO3)C2CCCC2)C1. The molecule has 4 rings (SSSR count). The highest BCUT2D eigenvalue weighted by Gasteiger charge is 2.35. The predicted octanol–water partition coefficient (Wildman–Crippen LogP) is 2.86. The summed E-state index contributed by atoms with van der Waals surface area (Å²) in [7, 11) is 0. The van der Waals surface area contributed by atoms with Gasteiger partial charge < -0.3 is 20.1 Å². The van der Waals surface area contributed by atoms with Crippen LogP contribution in [0.3, 0.4) is 0 Å². The molecule has 2 saturated carbocycles. The standard InChI is InChI=1S/C20H28N2O3/c21-16-7-6-15(12-16)20(23)22(17-3-1-2-4-17)13-14-5-8-18-19(11-14)25-10-9-24-18/h5,8,11,15-17H,1-4,6-7,9-10,12-13,21H2/t15-,16+/m0/s1. The fourth-order valence-electron chi connectivity index (χ4n) is 4.46. The highest BCUT2D eigenvalue weighted by Crippen LogP contribution is 2.34. The van der Waals surface area contributed by atoms with Gasteiger partial charge in [-0.25, -0.2) is 0 Å². The van der Waals surface area contributed by atoms with E-state index in [1.165, 1.54) is 12.8 Å². The number of fused-ring (bicyclic) bond motifs is 1. The second kappa shape index (κ2) is 7.24. The summed E-state index contributed by atoms with van der Waals surface area (Å²) in [6.45, 7) is 1.84. The first-order valence-electron chi connectivity index (χ1n) is 9.65. The third-order valence-corrected chi connectivity index (χ3v) is 5.83. The van der Waals surface area contributed by atoms with Crippen LogP contribution in [0, 0.1) is 5.92 Å². The van der Waals surface area contributed by atoms with Crippen molar-refractivity contribution in [2.75, 3.05) is 13.2 Å². The van der Waals surface area contributed by atoms with Gasteiger partial charge >= 0.3 is 0 Å². The summed E-state index contributed by atoms with van der Waals surface area (Å²) in [5.41, 5.74) is 7.16. The summed E-state index contributed by atoms with van der Waals surface area (Å²) in [6.07, 6.45) is 7.43. The number of ether oxygens (including phenoxy) is 2. The maximum Gasteiger partial charge on any atom is 0.226 e. The Morgan fingerprint density at radius 3 is 2.56 bits per heavy atom. The smallest absolute Gasteiger partial charge is 0.226 e. The van der Waals surface area contributed by atoms with Crippen LogP contribution in [0.5, 0.6) is 11.5 Å². The van der Waals surface area contributed by atoms with Crippen LogP contribution in [0.4, 0.5) is 0 Å². The van der Waals surface area contributed by atoms with E-state index in [1.807, 2.05) is 12.1 Å². The van der Waals surface area contributed by atoms with Crippen LogP contribution >= 0.6 is 0 Å². The number of carbonyl (C=O) groups excluding carboxylic acids is 1. The zero-order valence-corrected chi connectivity index (χ0v) is 14.8. The summed E-state index contributed by atoms with van der Waals surface area (Å²) in [5, 5.41) is 0. The van der Waals surface area contributed by atoms with Crippen molar-refractivity contribution in [3.63, 3.8) is 0 Å². The lowest BCUT2D eigenvalue weighted by Crippen LogP contribution is -2.41. The van der Waals surface area contributed by atoms with Crippen molar-refractivity contribution in [1.82, 2.24) is 4.90 Å². The minimum atomic E-state index is 0.104. The minimum absolute atomic E-state index is 0.104. The van der Waals surface area contributed by atoms with E-state index in [1.54, 1.807) is 0 Å². The molecule has 1 aromatic carbocycles. The van der Waals surface area contributed by atoms with Crippen molar-refractivity contribution < 1.29 is 14.3 Å². The molecule has 25 heavy (non-hydrogen) atoms. The number of nitrogens with zero attached hydrogens (tertiary/aromatic N) is 1. The number of hydrogen-bond acceptors (Lipinski definition) is 4. The number of carbonyl (C=O) groups is 1. The Kier molecular flexibility index (Phi) is 4.84. The minimum Gasteiger partial charge on any atom is -0.486 e. The van der Waals surface area contributed by atoms with E-state index in [4.69, 9.17) is 15.2 Å². The molecule has 1 aromatic rings. The van der Waals surface area contributed by atoms with E-state index in [0.29, 0.717) is 31.7 Å². The zero-order valence-electron chi connectivity index (χ0n) is 14.8. The lowest BCUT2D eigenvalue weighted by Gasteiger charge is -2.32. The Bertz CT molecular complexity index is 627. The highest BCUT2D eigenvalue weighted by molar-refractivity contribution is 5.79. The maximum atomic E-state index is 13.2. The van der Waals surface area contributed by atoms with Gasteiger partial charge in [0.1, 0.15) is 13.2 Å². The Morgan fingerprint density at radius 2 is 1.84 bits per heavy atom. The van der Waals surface area contributed by atoms with E-state index >= 15 is 0 Å². The van der Waals surface area contributed by atoms with Gasteiger partial charge in [0.2, 0.25) is 5.91 Å². The van der Waals surface area contributed by atoms with Crippen molar-refractivity contribution in [1.29, 1.82) is 0 Å². The first-order valence-corrected chi connectivity index (χ1v) is 9.65. The molecule has 2 N–H and O–H groups in total. The van der Waals surface area contributed by atoms with Gasteiger partial charge in [0, 0.05) is 24.5 Å². The molecule has 0 radical (unpaired) electrons. The first-order chi connectivity index (χ1) is 12.2. The van der Waals surface area contributed by atoms with Crippen molar-refractivity contribution >= 4 is 5.91 Å². The zero-order chi connectivity index (χ0) is 17.2. The molecule has 2 fully saturated rings. The Labute approximate surface area is 149 Å². The summed E-state index contributed by atoms with van der Waals surface area (Å²) in [5.74, 6) is 2.00. The molecule has 0 unspecified atom stereocenters. The molecular formula is C20H28N2O3. The predicted molar refractivity (Wildman–Crippen MR) is 95.6 cm³/mol. The van der Waals surface area contributed by atoms with Gasteiger partial charge in [-0.1, -0.05) is 18.9 Å². The summed E-state index contributed by atoms with van der Waals surface area (Å²) in [4.78, 5) is 15.3. The lowest BCUT2D eigenvalue weighted by atomic mass is 10.0. The number of amides is 1. The van der Waals surface area contributed by atoms with Crippen LogP contribution in [-0.2, 0) is 11.3 Å². The van der Waals surface area contributed by atoms with Gasteiger partial charge in [-0.3, -0.25) is 4.79 Å². The van der Waals surface area contributed by atoms with Crippen LogP contribution in [0.15, 0.2) is 18.2 Å². The second-order valence-electron chi connectivity index (χ2n) is 7.65.